The van der Waals surface area contributed by atoms with Crippen LogP contribution in [0, 0.1) is 0 Å². The maximum atomic E-state index is 13.7. The zero-order valence-corrected chi connectivity index (χ0v) is 21.9. The van der Waals surface area contributed by atoms with Crippen molar-refractivity contribution in [3.05, 3.63) is 63.4 Å². The number of aromatic amines is 1. The molecule has 2 aromatic rings. The van der Waals surface area contributed by atoms with E-state index >= 15 is 0 Å². The summed E-state index contributed by atoms with van der Waals surface area (Å²) in [5.74, 6) is -0.450. The van der Waals surface area contributed by atoms with E-state index in [0.29, 0.717) is 6.42 Å². The SMILES string of the molecule is [B][C@]1(C)[C@H](O)[C@@H](COP(=O)(N[C@@H](C)C(=O)OC(C)CC)Oc2ccccc2)O[C@H]1n1ccc(=O)[nH]c1=O. The van der Waals surface area contributed by atoms with Gasteiger partial charge in [0.15, 0.2) is 0 Å². The molecule has 2 radical (unpaired) electrons. The summed E-state index contributed by atoms with van der Waals surface area (Å²) in [6.07, 6.45) is -2.23. The summed E-state index contributed by atoms with van der Waals surface area (Å²) in [6, 6.07) is 8.22. The molecule has 0 spiro atoms. The van der Waals surface area contributed by atoms with E-state index in [1.807, 2.05) is 6.92 Å². The number of esters is 1. The summed E-state index contributed by atoms with van der Waals surface area (Å²) < 4.78 is 37.0. The molecular formula is C23H31BN3O9P. The zero-order chi connectivity index (χ0) is 27.4. The second-order valence-electron chi connectivity index (χ2n) is 9.06. The van der Waals surface area contributed by atoms with Gasteiger partial charge in [-0.2, -0.15) is 5.09 Å². The van der Waals surface area contributed by atoms with E-state index in [2.05, 4.69) is 10.1 Å². The van der Waals surface area contributed by atoms with Gasteiger partial charge in [0.05, 0.1) is 26.7 Å². The fourth-order valence-electron chi connectivity index (χ4n) is 3.60. The monoisotopic (exact) mass is 535 g/mol. The molecule has 37 heavy (non-hydrogen) atoms. The van der Waals surface area contributed by atoms with Gasteiger partial charge in [0, 0.05) is 17.6 Å². The number of benzene rings is 1. The first kappa shape index (κ1) is 28.9. The first-order valence-electron chi connectivity index (χ1n) is 11.8. The van der Waals surface area contributed by atoms with Crippen LogP contribution in [-0.4, -0.2) is 59.4 Å². The third-order valence-corrected chi connectivity index (χ3v) is 7.55. The van der Waals surface area contributed by atoms with E-state index in [-0.39, 0.29) is 11.9 Å². The second kappa shape index (κ2) is 11.8. The molecule has 12 nitrogen and oxygen atoms in total. The predicted molar refractivity (Wildman–Crippen MR) is 134 cm³/mol. The van der Waals surface area contributed by atoms with E-state index in [1.54, 1.807) is 37.3 Å². The minimum Gasteiger partial charge on any atom is -0.462 e. The number of hydrogen-bond acceptors (Lipinski definition) is 9. The number of H-pyrrole nitrogens is 1. The molecule has 0 amide bonds. The molecule has 2 heterocycles. The third kappa shape index (κ3) is 7.00. The molecule has 3 N–H and O–H groups in total. The Kier molecular flexibility index (Phi) is 9.20. The predicted octanol–water partition coefficient (Wildman–Crippen LogP) is 1.67. The molecule has 1 saturated heterocycles. The molecule has 7 atom stereocenters. The van der Waals surface area contributed by atoms with Crippen molar-refractivity contribution in [2.75, 3.05) is 6.61 Å². The zero-order valence-electron chi connectivity index (χ0n) is 21.0. The van der Waals surface area contributed by atoms with Crippen molar-refractivity contribution in [3.8, 4) is 5.75 Å². The Bertz CT molecular complexity index is 1240. The molecule has 0 bridgehead atoms. The molecule has 1 aliphatic rings. The van der Waals surface area contributed by atoms with Gasteiger partial charge in [-0.25, -0.2) is 9.36 Å². The summed E-state index contributed by atoms with van der Waals surface area (Å²) in [7, 11) is 2.05. The number of hydrogen-bond donors (Lipinski definition) is 3. The third-order valence-electron chi connectivity index (χ3n) is 5.90. The van der Waals surface area contributed by atoms with Crippen LogP contribution < -0.4 is 20.9 Å². The van der Waals surface area contributed by atoms with Crippen LogP contribution in [0.4, 0.5) is 0 Å². The van der Waals surface area contributed by atoms with Gasteiger partial charge in [-0.15, -0.1) is 0 Å². The topological polar surface area (TPSA) is 158 Å². The number of para-hydroxylation sites is 1. The second-order valence-corrected chi connectivity index (χ2v) is 10.8. The Balaban J connectivity index is 1.79. The maximum absolute atomic E-state index is 13.7. The number of ether oxygens (including phenoxy) is 2. The highest BCUT2D eigenvalue weighted by Gasteiger charge is 2.51. The lowest BCUT2D eigenvalue weighted by atomic mass is 9.65. The summed E-state index contributed by atoms with van der Waals surface area (Å²) in [6.45, 7) is 6.02. The molecule has 1 aromatic carbocycles. The minimum absolute atomic E-state index is 0.204. The van der Waals surface area contributed by atoms with Gasteiger partial charge in [0.1, 0.15) is 24.1 Å². The maximum Gasteiger partial charge on any atom is 0.459 e. The van der Waals surface area contributed by atoms with E-state index in [4.69, 9.17) is 26.4 Å². The highest BCUT2D eigenvalue weighted by Crippen LogP contribution is 2.50. The van der Waals surface area contributed by atoms with Gasteiger partial charge in [0.2, 0.25) is 0 Å². The Morgan fingerprint density at radius 1 is 1.30 bits per heavy atom. The average Bonchev–Trinajstić information content (AvgIpc) is 3.06. The Labute approximate surface area is 215 Å². The normalized spacial score (nSPS) is 26.7. The van der Waals surface area contributed by atoms with Crippen LogP contribution in [0.2, 0.25) is 5.31 Å². The summed E-state index contributed by atoms with van der Waals surface area (Å²) in [5.41, 5.74) is -1.39. The summed E-state index contributed by atoms with van der Waals surface area (Å²) in [4.78, 5) is 38.2. The Morgan fingerprint density at radius 3 is 2.59 bits per heavy atom. The van der Waals surface area contributed by atoms with Gasteiger partial charge >= 0.3 is 19.4 Å². The molecule has 1 aromatic heterocycles. The molecule has 2 unspecified atom stereocenters. The molecule has 200 valence electrons. The van der Waals surface area contributed by atoms with Gasteiger partial charge in [-0.05, 0) is 32.4 Å². The minimum atomic E-state index is -4.23. The van der Waals surface area contributed by atoms with Crippen molar-refractivity contribution < 1.29 is 33.0 Å². The van der Waals surface area contributed by atoms with Crippen molar-refractivity contribution in [3.63, 3.8) is 0 Å². The smallest absolute Gasteiger partial charge is 0.459 e. The van der Waals surface area contributed by atoms with Crippen LogP contribution in [0.1, 0.15) is 40.3 Å². The Hall–Kier alpha value is -2.70. The highest BCUT2D eigenvalue weighted by molar-refractivity contribution is 7.52. The first-order valence-corrected chi connectivity index (χ1v) is 13.3. The lowest BCUT2D eigenvalue weighted by Gasteiger charge is -2.29. The van der Waals surface area contributed by atoms with Crippen LogP contribution in [0.3, 0.4) is 0 Å². The number of rotatable bonds is 11. The van der Waals surface area contributed by atoms with Crippen molar-refractivity contribution in [1.82, 2.24) is 14.6 Å². The van der Waals surface area contributed by atoms with E-state index in [1.165, 1.54) is 20.0 Å². The molecular weight excluding hydrogens is 504 g/mol. The highest BCUT2D eigenvalue weighted by atomic mass is 31.2. The lowest BCUT2D eigenvalue weighted by Crippen LogP contribution is -2.38. The van der Waals surface area contributed by atoms with E-state index in [9.17, 15) is 24.1 Å². The largest absolute Gasteiger partial charge is 0.462 e. The summed E-state index contributed by atoms with van der Waals surface area (Å²) >= 11 is 0. The lowest BCUT2D eigenvalue weighted by molar-refractivity contribution is -0.150. The van der Waals surface area contributed by atoms with E-state index in [0.717, 1.165) is 10.6 Å². The van der Waals surface area contributed by atoms with Crippen molar-refractivity contribution >= 4 is 21.6 Å². The number of carbonyl (C=O) groups is 1. The number of nitrogens with zero attached hydrogens (tertiary/aromatic N) is 1. The number of nitrogens with one attached hydrogen (secondary N) is 2. The van der Waals surface area contributed by atoms with Crippen LogP contribution >= 0.6 is 7.75 Å². The number of aliphatic hydroxyl groups excluding tert-OH is 1. The number of aromatic nitrogens is 2. The molecule has 0 aliphatic carbocycles. The van der Waals surface area contributed by atoms with Gasteiger partial charge in [0.25, 0.3) is 5.56 Å². The molecule has 1 aliphatic heterocycles. The average molecular weight is 535 g/mol. The van der Waals surface area contributed by atoms with Gasteiger partial charge < -0.3 is 19.1 Å². The Morgan fingerprint density at radius 2 is 1.97 bits per heavy atom. The van der Waals surface area contributed by atoms with Crippen LogP contribution in [-0.2, 0) is 23.4 Å². The first-order chi connectivity index (χ1) is 17.4. The quantitative estimate of drug-likeness (QED) is 0.220. The molecule has 14 heteroatoms. The van der Waals surface area contributed by atoms with Crippen molar-refractivity contribution in [1.29, 1.82) is 0 Å². The summed E-state index contributed by atoms with van der Waals surface area (Å²) in [5, 5.41) is 11.9. The van der Waals surface area contributed by atoms with Crippen LogP contribution in [0.25, 0.3) is 0 Å². The fraction of sp³-hybridized carbons (Fsp3) is 0.522. The molecule has 1 fully saturated rings. The van der Waals surface area contributed by atoms with Crippen molar-refractivity contribution in [2.24, 2.45) is 0 Å². The van der Waals surface area contributed by atoms with E-state index < -0.39 is 61.4 Å². The van der Waals surface area contributed by atoms with Gasteiger partial charge in [-0.3, -0.25) is 23.7 Å². The standard InChI is InChI=1S/C23H31BN3O9P/c1-5-14(2)34-20(30)15(3)26-37(32,36-16-9-7-6-8-10-16)33-13-17-19(29)23(4,24)21(35-17)27-12-11-18(28)25-22(27)31/h6-12,14-15,17,19,21,29H,5,13H2,1-4H3,(H,26,32)(H,25,28,31)/t14?,15-,17+,19+,21+,23+,37?/m0/s1. The van der Waals surface area contributed by atoms with Gasteiger partial charge in [-0.1, -0.05) is 32.0 Å². The molecule has 3 rings (SSSR count). The number of carbonyl (C=O) groups excluding carboxylic acids is 1. The fourth-order valence-corrected chi connectivity index (χ4v) is 5.10. The van der Waals surface area contributed by atoms with Crippen LogP contribution in [0.5, 0.6) is 5.75 Å². The van der Waals surface area contributed by atoms with Crippen LogP contribution in [0.15, 0.2) is 52.2 Å². The van der Waals surface area contributed by atoms with Crippen molar-refractivity contribution in [2.45, 2.75) is 70.0 Å². The number of aliphatic hydroxyl groups is 1. The molecule has 0 saturated carbocycles.